The second kappa shape index (κ2) is 7.32. The van der Waals surface area contributed by atoms with Gasteiger partial charge in [0.15, 0.2) is 0 Å². The molecular formula is C17H20ClNO. The third kappa shape index (κ3) is 3.99. The van der Waals surface area contributed by atoms with Crippen molar-refractivity contribution in [3.05, 3.63) is 64.2 Å². The van der Waals surface area contributed by atoms with Gasteiger partial charge in [-0.25, -0.2) is 0 Å². The lowest BCUT2D eigenvalue weighted by atomic mass is 10.1. The van der Waals surface area contributed by atoms with Gasteiger partial charge >= 0.3 is 0 Å². The van der Waals surface area contributed by atoms with E-state index in [2.05, 4.69) is 37.4 Å². The van der Waals surface area contributed by atoms with Crippen molar-refractivity contribution in [2.24, 2.45) is 0 Å². The van der Waals surface area contributed by atoms with Gasteiger partial charge in [-0.3, -0.25) is 0 Å². The maximum Gasteiger partial charge on any atom is 0.127 e. The smallest absolute Gasteiger partial charge is 0.127 e. The van der Waals surface area contributed by atoms with Crippen molar-refractivity contribution in [3.8, 4) is 5.75 Å². The van der Waals surface area contributed by atoms with Gasteiger partial charge in [0, 0.05) is 17.1 Å². The Kier molecular flexibility index (Phi) is 5.45. The average Bonchev–Trinajstić information content (AvgIpc) is 2.46. The summed E-state index contributed by atoms with van der Waals surface area (Å²) in [5, 5.41) is 4.09. The zero-order valence-electron chi connectivity index (χ0n) is 11.9. The number of rotatable bonds is 6. The monoisotopic (exact) mass is 289 g/mol. The first-order valence-corrected chi connectivity index (χ1v) is 7.25. The van der Waals surface area contributed by atoms with Crippen LogP contribution in [-0.2, 0) is 13.2 Å². The maximum absolute atomic E-state index is 6.01. The maximum atomic E-state index is 6.01. The highest BCUT2D eigenvalue weighted by Gasteiger charge is 2.07. The van der Waals surface area contributed by atoms with Crippen LogP contribution in [0.1, 0.15) is 23.6 Å². The molecule has 0 radical (unpaired) electrons. The molecule has 0 bridgehead atoms. The zero-order valence-corrected chi connectivity index (χ0v) is 12.7. The Bertz CT molecular complexity index is 551. The lowest BCUT2D eigenvalue weighted by molar-refractivity contribution is 0.300. The molecule has 0 heterocycles. The summed E-state index contributed by atoms with van der Waals surface area (Å²) in [5.74, 6) is 0.975. The van der Waals surface area contributed by atoms with E-state index in [1.165, 1.54) is 5.56 Å². The lowest BCUT2D eigenvalue weighted by Gasteiger charge is -2.14. The van der Waals surface area contributed by atoms with Crippen molar-refractivity contribution < 1.29 is 4.74 Å². The highest BCUT2D eigenvalue weighted by atomic mass is 35.5. The first-order chi connectivity index (χ1) is 9.70. The van der Waals surface area contributed by atoms with E-state index < -0.39 is 0 Å². The minimum atomic E-state index is 0.557. The van der Waals surface area contributed by atoms with Gasteiger partial charge in [0.2, 0.25) is 0 Å². The fourth-order valence-electron chi connectivity index (χ4n) is 2.05. The van der Waals surface area contributed by atoms with Crippen LogP contribution in [0.15, 0.2) is 42.5 Å². The fourth-order valence-corrected chi connectivity index (χ4v) is 2.18. The Labute approximate surface area is 125 Å². The molecule has 0 amide bonds. The van der Waals surface area contributed by atoms with Crippen molar-refractivity contribution in [1.82, 2.24) is 5.32 Å². The van der Waals surface area contributed by atoms with E-state index in [4.69, 9.17) is 16.3 Å². The lowest BCUT2D eigenvalue weighted by Crippen LogP contribution is -2.13. The van der Waals surface area contributed by atoms with E-state index in [-0.39, 0.29) is 0 Å². The number of benzene rings is 2. The third-order valence-electron chi connectivity index (χ3n) is 3.16. The number of hydrogen-bond donors (Lipinski definition) is 1. The van der Waals surface area contributed by atoms with E-state index in [1.54, 1.807) is 0 Å². The average molecular weight is 290 g/mol. The van der Waals surface area contributed by atoms with Crippen LogP contribution in [0.5, 0.6) is 5.75 Å². The summed E-state index contributed by atoms with van der Waals surface area (Å²) in [4.78, 5) is 0. The Morgan fingerprint density at radius 2 is 1.85 bits per heavy atom. The van der Waals surface area contributed by atoms with Crippen LogP contribution in [0.2, 0.25) is 5.02 Å². The van der Waals surface area contributed by atoms with Gasteiger partial charge in [0.1, 0.15) is 12.4 Å². The van der Waals surface area contributed by atoms with Crippen molar-refractivity contribution in [2.75, 3.05) is 6.54 Å². The minimum Gasteiger partial charge on any atom is -0.488 e. The van der Waals surface area contributed by atoms with Gasteiger partial charge in [-0.1, -0.05) is 48.9 Å². The van der Waals surface area contributed by atoms with Gasteiger partial charge in [-0.05, 0) is 36.7 Å². The van der Waals surface area contributed by atoms with Crippen LogP contribution >= 0.6 is 11.6 Å². The van der Waals surface area contributed by atoms with Crippen molar-refractivity contribution >= 4 is 11.6 Å². The summed E-state index contributed by atoms with van der Waals surface area (Å²) in [5.41, 5.74) is 3.47. The minimum absolute atomic E-state index is 0.557. The summed E-state index contributed by atoms with van der Waals surface area (Å²) in [6.07, 6.45) is 0. The second-order valence-electron chi connectivity index (χ2n) is 4.76. The van der Waals surface area contributed by atoms with E-state index in [0.717, 1.165) is 35.0 Å². The first kappa shape index (κ1) is 14.9. The van der Waals surface area contributed by atoms with E-state index in [0.29, 0.717) is 6.61 Å². The molecule has 20 heavy (non-hydrogen) atoms. The van der Waals surface area contributed by atoms with E-state index in [1.807, 2.05) is 24.3 Å². The standard InChI is InChI=1S/C17H20ClNO/c1-3-19-11-15-6-4-5-13(2)17(15)20-12-14-7-9-16(18)10-8-14/h4-10,19H,3,11-12H2,1-2H3. The van der Waals surface area contributed by atoms with Crippen LogP contribution in [0.4, 0.5) is 0 Å². The van der Waals surface area contributed by atoms with Crippen molar-refractivity contribution in [2.45, 2.75) is 27.0 Å². The summed E-state index contributed by atoms with van der Waals surface area (Å²) >= 11 is 5.89. The molecule has 3 heteroatoms. The topological polar surface area (TPSA) is 21.3 Å². The molecule has 0 fully saturated rings. The molecule has 0 unspecified atom stereocenters. The molecule has 2 aromatic carbocycles. The van der Waals surface area contributed by atoms with Crippen LogP contribution in [0.25, 0.3) is 0 Å². The summed E-state index contributed by atoms with van der Waals surface area (Å²) in [6, 6.07) is 14.0. The van der Waals surface area contributed by atoms with E-state index in [9.17, 15) is 0 Å². The molecule has 0 saturated heterocycles. The first-order valence-electron chi connectivity index (χ1n) is 6.87. The second-order valence-corrected chi connectivity index (χ2v) is 5.20. The number of nitrogens with one attached hydrogen (secondary N) is 1. The predicted molar refractivity (Wildman–Crippen MR) is 84.3 cm³/mol. The number of hydrogen-bond acceptors (Lipinski definition) is 2. The fraction of sp³-hybridized carbons (Fsp3) is 0.294. The Morgan fingerprint density at radius 1 is 1.10 bits per heavy atom. The quantitative estimate of drug-likeness (QED) is 0.854. The van der Waals surface area contributed by atoms with Gasteiger partial charge in [0.25, 0.3) is 0 Å². The number of para-hydroxylation sites is 1. The normalized spacial score (nSPS) is 10.6. The van der Waals surface area contributed by atoms with Crippen LogP contribution in [0.3, 0.4) is 0 Å². The van der Waals surface area contributed by atoms with Gasteiger partial charge in [0.05, 0.1) is 0 Å². The molecule has 0 aliphatic carbocycles. The molecular weight excluding hydrogens is 270 g/mol. The predicted octanol–water partition coefficient (Wildman–Crippen LogP) is 4.34. The van der Waals surface area contributed by atoms with Crippen LogP contribution in [0, 0.1) is 6.92 Å². The Morgan fingerprint density at radius 3 is 2.55 bits per heavy atom. The number of halogens is 1. The molecule has 1 N–H and O–H groups in total. The number of aryl methyl sites for hydroxylation is 1. The summed E-state index contributed by atoms with van der Waals surface area (Å²) in [6.45, 7) is 6.51. The molecule has 0 aliphatic heterocycles. The number of ether oxygens (including phenoxy) is 1. The third-order valence-corrected chi connectivity index (χ3v) is 3.41. The van der Waals surface area contributed by atoms with Crippen molar-refractivity contribution in [3.63, 3.8) is 0 Å². The van der Waals surface area contributed by atoms with Crippen LogP contribution < -0.4 is 10.1 Å². The molecule has 0 spiro atoms. The van der Waals surface area contributed by atoms with Crippen molar-refractivity contribution in [1.29, 1.82) is 0 Å². The highest BCUT2D eigenvalue weighted by Crippen LogP contribution is 2.24. The highest BCUT2D eigenvalue weighted by molar-refractivity contribution is 6.30. The molecule has 2 nitrogen and oxygen atoms in total. The van der Waals surface area contributed by atoms with Gasteiger partial charge < -0.3 is 10.1 Å². The molecule has 2 rings (SSSR count). The Hall–Kier alpha value is -1.51. The SMILES string of the molecule is CCNCc1cccc(C)c1OCc1ccc(Cl)cc1. The molecule has 0 atom stereocenters. The molecule has 2 aromatic rings. The van der Waals surface area contributed by atoms with E-state index >= 15 is 0 Å². The van der Waals surface area contributed by atoms with Crippen LogP contribution in [-0.4, -0.2) is 6.54 Å². The molecule has 0 saturated carbocycles. The molecule has 0 aromatic heterocycles. The van der Waals surface area contributed by atoms with Gasteiger partial charge in [-0.2, -0.15) is 0 Å². The molecule has 0 aliphatic rings. The van der Waals surface area contributed by atoms with Gasteiger partial charge in [-0.15, -0.1) is 0 Å². The molecule has 106 valence electrons. The summed E-state index contributed by atoms with van der Waals surface area (Å²) in [7, 11) is 0. The Balaban J connectivity index is 2.09. The largest absolute Gasteiger partial charge is 0.488 e. The zero-order chi connectivity index (χ0) is 14.4. The summed E-state index contributed by atoms with van der Waals surface area (Å²) < 4.78 is 6.01.